The van der Waals surface area contributed by atoms with E-state index < -0.39 is 11.5 Å². The minimum absolute atomic E-state index is 0.0321. The Labute approximate surface area is 118 Å². The second kappa shape index (κ2) is 5.57. The standard InChI is InChI=1S/C12H10N4O3S/c1-7-10(17)16(12(20)15-14-7)13-6-8-4-2-3-5-9(8)11(18)19/h2-6H,1H3,(H,15,20)(H,18,19)/b13-6-. The molecular formula is C12H10N4O3S. The third kappa shape index (κ3) is 2.69. The summed E-state index contributed by atoms with van der Waals surface area (Å²) in [6.45, 7) is 1.52. The van der Waals surface area contributed by atoms with E-state index in [0.29, 0.717) is 5.56 Å². The van der Waals surface area contributed by atoms with Crippen molar-refractivity contribution in [2.45, 2.75) is 6.92 Å². The Morgan fingerprint density at radius 3 is 2.90 bits per heavy atom. The van der Waals surface area contributed by atoms with E-state index >= 15 is 0 Å². The fourth-order valence-electron chi connectivity index (χ4n) is 1.50. The largest absolute Gasteiger partial charge is 0.478 e. The second-order valence-corrected chi connectivity index (χ2v) is 4.25. The number of nitrogens with one attached hydrogen (secondary N) is 1. The van der Waals surface area contributed by atoms with E-state index in [-0.39, 0.29) is 16.0 Å². The number of benzene rings is 1. The lowest BCUT2D eigenvalue weighted by atomic mass is 10.1. The first-order chi connectivity index (χ1) is 9.50. The molecule has 0 bridgehead atoms. The van der Waals surface area contributed by atoms with Crippen LogP contribution in [-0.4, -0.2) is 32.2 Å². The van der Waals surface area contributed by atoms with Crippen molar-refractivity contribution in [1.82, 2.24) is 14.9 Å². The third-order valence-corrected chi connectivity index (χ3v) is 2.78. The van der Waals surface area contributed by atoms with Gasteiger partial charge < -0.3 is 5.11 Å². The number of H-pyrrole nitrogens is 1. The maximum Gasteiger partial charge on any atom is 0.336 e. The molecule has 1 heterocycles. The highest BCUT2D eigenvalue weighted by molar-refractivity contribution is 7.71. The second-order valence-electron chi connectivity index (χ2n) is 3.87. The lowest BCUT2D eigenvalue weighted by Crippen LogP contribution is -2.22. The van der Waals surface area contributed by atoms with Crippen molar-refractivity contribution in [3.05, 3.63) is 56.2 Å². The molecule has 102 valence electrons. The minimum Gasteiger partial charge on any atom is -0.478 e. The highest BCUT2D eigenvalue weighted by Gasteiger charge is 2.07. The van der Waals surface area contributed by atoms with Gasteiger partial charge in [-0.25, -0.2) is 4.79 Å². The number of aromatic carboxylic acids is 1. The van der Waals surface area contributed by atoms with Crippen LogP contribution in [0, 0.1) is 11.7 Å². The Kier molecular flexibility index (Phi) is 3.85. The zero-order valence-electron chi connectivity index (χ0n) is 10.4. The van der Waals surface area contributed by atoms with Crippen molar-refractivity contribution in [3.63, 3.8) is 0 Å². The van der Waals surface area contributed by atoms with E-state index in [0.717, 1.165) is 4.68 Å². The van der Waals surface area contributed by atoms with E-state index in [9.17, 15) is 9.59 Å². The van der Waals surface area contributed by atoms with Crippen molar-refractivity contribution < 1.29 is 9.90 Å². The first-order valence-electron chi connectivity index (χ1n) is 5.55. The van der Waals surface area contributed by atoms with Gasteiger partial charge in [0.1, 0.15) is 5.69 Å². The number of carboxylic acid groups (broad SMARTS) is 1. The monoisotopic (exact) mass is 290 g/mol. The summed E-state index contributed by atoms with van der Waals surface area (Å²) in [6, 6.07) is 6.31. The Balaban J connectivity index is 2.51. The van der Waals surface area contributed by atoms with Crippen molar-refractivity contribution in [1.29, 1.82) is 0 Å². The van der Waals surface area contributed by atoms with Crippen LogP contribution in [0.3, 0.4) is 0 Å². The summed E-state index contributed by atoms with van der Waals surface area (Å²) in [5, 5.41) is 19.2. The number of aromatic nitrogens is 3. The number of hydrogen-bond acceptors (Lipinski definition) is 5. The van der Waals surface area contributed by atoms with Crippen LogP contribution in [0.25, 0.3) is 0 Å². The molecular weight excluding hydrogens is 280 g/mol. The quantitative estimate of drug-likeness (QED) is 0.653. The van der Waals surface area contributed by atoms with Crippen LogP contribution in [0.1, 0.15) is 21.6 Å². The molecule has 1 aromatic heterocycles. The van der Waals surface area contributed by atoms with Crippen LogP contribution in [0.2, 0.25) is 0 Å². The third-order valence-electron chi connectivity index (χ3n) is 2.52. The van der Waals surface area contributed by atoms with E-state index in [1.165, 1.54) is 19.2 Å². The summed E-state index contributed by atoms with van der Waals surface area (Å²) >= 11 is 4.91. The summed E-state index contributed by atoms with van der Waals surface area (Å²) in [5.74, 6) is -1.07. The van der Waals surface area contributed by atoms with Gasteiger partial charge in [-0.15, -0.1) is 0 Å². The molecule has 0 aliphatic heterocycles. The molecule has 0 spiro atoms. The van der Waals surface area contributed by atoms with Gasteiger partial charge in [0.2, 0.25) is 4.77 Å². The van der Waals surface area contributed by atoms with E-state index in [1.54, 1.807) is 18.2 Å². The number of aromatic amines is 1. The Morgan fingerprint density at radius 2 is 2.20 bits per heavy atom. The molecule has 2 rings (SSSR count). The van der Waals surface area contributed by atoms with E-state index in [4.69, 9.17) is 17.3 Å². The summed E-state index contributed by atoms with van der Waals surface area (Å²) in [6.07, 6.45) is 1.27. The van der Waals surface area contributed by atoms with Gasteiger partial charge in [0, 0.05) is 5.56 Å². The molecule has 0 aliphatic rings. The predicted octanol–water partition coefficient (Wildman–Crippen LogP) is 1.19. The number of carboxylic acids is 1. The van der Waals surface area contributed by atoms with Gasteiger partial charge in [0.25, 0.3) is 5.56 Å². The smallest absolute Gasteiger partial charge is 0.336 e. The van der Waals surface area contributed by atoms with Gasteiger partial charge >= 0.3 is 5.97 Å². The normalized spacial score (nSPS) is 10.8. The zero-order valence-corrected chi connectivity index (χ0v) is 11.2. The molecule has 0 amide bonds. The SMILES string of the molecule is Cc1n[nH]c(=S)n(/N=C\c2ccccc2C(=O)O)c1=O. The molecule has 8 heteroatoms. The number of nitrogens with zero attached hydrogens (tertiary/aromatic N) is 3. The van der Waals surface area contributed by atoms with Crippen LogP contribution in [0.15, 0.2) is 34.2 Å². The molecule has 7 nitrogen and oxygen atoms in total. The lowest BCUT2D eigenvalue weighted by Gasteiger charge is -2.01. The number of hydrogen-bond donors (Lipinski definition) is 2. The van der Waals surface area contributed by atoms with E-state index in [2.05, 4.69) is 15.3 Å². The Hall–Kier alpha value is -2.61. The predicted molar refractivity (Wildman–Crippen MR) is 74.8 cm³/mol. The number of aryl methyl sites for hydroxylation is 1. The van der Waals surface area contributed by atoms with Crippen LogP contribution in [-0.2, 0) is 0 Å². The molecule has 0 unspecified atom stereocenters. The first-order valence-corrected chi connectivity index (χ1v) is 5.96. The summed E-state index contributed by atoms with van der Waals surface area (Å²) in [5.41, 5.74) is 0.209. The van der Waals surface area contributed by atoms with Crippen molar-refractivity contribution in [3.8, 4) is 0 Å². The summed E-state index contributed by atoms with van der Waals surface area (Å²) in [4.78, 5) is 22.9. The van der Waals surface area contributed by atoms with Crippen LogP contribution >= 0.6 is 12.2 Å². The fraction of sp³-hybridized carbons (Fsp3) is 0.0833. The minimum atomic E-state index is -1.07. The zero-order chi connectivity index (χ0) is 14.7. The highest BCUT2D eigenvalue weighted by atomic mass is 32.1. The molecule has 1 aromatic carbocycles. The summed E-state index contributed by atoms with van der Waals surface area (Å²) in [7, 11) is 0. The molecule has 2 N–H and O–H groups in total. The average molecular weight is 290 g/mol. The molecule has 0 aliphatic carbocycles. The maximum atomic E-state index is 11.8. The first kappa shape index (κ1) is 13.8. The topological polar surface area (TPSA) is 100 Å². The van der Waals surface area contributed by atoms with Crippen LogP contribution < -0.4 is 5.56 Å². The summed E-state index contributed by atoms with van der Waals surface area (Å²) < 4.78 is 0.987. The van der Waals surface area contributed by atoms with Gasteiger partial charge in [-0.1, -0.05) is 18.2 Å². The molecule has 20 heavy (non-hydrogen) atoms. The van der Waals surface area contributed by atoms with Crippen LogP contribution in [0.4, 0.5) is 0 Å². The Morgan fingerprint density at radius 1 is 1.50 bits per heavy atom. The molecule has 2 aromatic rings. The molecule has 0 saturated carbocycles. The number of rotatable bonds is 3. The van der Waals surface area contributed by atoms with Gasteiger partial charge in [0.05, 0.1) is 11.8 Å². The van der Waals surface area contributed by atoms with Gasteiger partial charge in [0.15, 0.2) is 0 Å². The molecule has 0 fully saturated rings. The van der Waals surface area contributed by atoms with Crippen molar-refractivity contribution in [2.24, 2.45) is 5.10 Å². The fourth-order valence-corrected chi connectivity index (χ4v) is 1.68. The number of carbonyl (C=O) groups is 1. The highest BCUT2D eigenvalue weighted by Crippen LogP contribution is 2.06. The molecule has 0 radical (unpaired) electrons. The van der Waals surface area contributed by atoms with Crippen molar-refractivity contribution in [2.75, 3.05) is 0 Å². The Bertz CT molecular complexity index is 807. The van der Waals surface area contributed by atoms with Gasteiger partial charge in [-0.2, -0.15) is 14.9 Å². The van der Waals surface area contributed by atoms with Crippen LogP contribution in [0.5, 0.6) is 0 Å². The van der Waals surface area contributed by atoms with Gasteiger partial charge in [-0.3, -0.25) is 9.89 Å². The van der Waals surface area contributed by atoms with Gasteiger partial charge in [-0.05, 0) is 25.2 Å². The van der Waals surface area contributed by atoms with Crippen molar-refractivity contribution >= 4 is 24.4 Å². The molecule has 0 saturated heterocycles. The average Bonchev–Trinajstić information content (AvgIpc) is 2.43. The maximum absolute atomic E-state index is 11.8. The van der Waals surface area contributed by atoms with E-state index in [1.807, 2.05) is 0 Å². The lowest BCUT2D eigenvalue weighted by molar-refractivity contribution is 0.0697. The molecule has 0 atom stereocenters.